The van der Waals surface area contributed by atoms with Gasteiger partial charge >= 0.3 is 0 Å². The molecular weight excluding hydrogens is 1050 g/mol. The molecule has 7 heterocycles. The van der Waals surface area contributed by atoms with Crippen LogP contribution in [-0.2, 0) is 0 Å². The molecule has 18 aromatic rings. The summed E-state index contributed by atoms with van der Waals surface area (Å²) in [6, 6.07) is 29.6. The zero-order valence-corrected chi connectivity index (χ0v) is 44.4. The van der Waals surface area contributed by atoms with Crippen LogP contribution in [0.25, 0.3) is 132 Å². The Morgan fingerprint density at radius 3 is 1.31 bits per heavy atom. The molecule has 20 rings (SSSR count). The first-order valence-corrected chi connectivity index (χ1v) is 27.7. The van der Waals surface area contributed by atoms with E-state index in [1.54, 1.807) is 41.3 Å². The molecule has 0 spiro atoms. The fourth-order valence-corrected chi connectivity index (χ4v) is 13.6. The van der Waals surface area contributed by atoms with Crippen molar-refractivity contribution in [3.05, 3.63) is 272 Å². The summed E-state index contributed by atoms with van der Waals surface area (Å²) in [6.07, 6.45) is 0. The maximum atomic E-state index is 11.3. The lowest BCUT2D eigenvalue weighted by Crippen LogP contribution is -2.61. The molecule has 0 amide bonds. The van der Waals surface area contributed by atoms with Gasteiger partial charge in [0.05, 0.1) is 73.0 Å². The van der Waals surface area contributed by atoms with Crippen molar-refractivity contribution >= 4 is 167 Å². The number of nitrogens with zero attached hydrogens (tertiary/aromatic N) is 4. The van der Waals surface area contributed by atoms with Gasteiger partial charge in [-0.3, -0.25) is 0 Å². The van der Waals surface area contributed by atoms with E-state index in [0.29, 0.717) is 88.7 Å². The summed E-state index contributed by atoms with van der Waals surface area (Å²) in [6.45, 7) is -1.51. The van der Waals surface area contributed by atoms with Crippen LogP contribution in [0.1, 0.15) is 28.8 Å². The molecule has 2 aliphatic heterocycles. The monoisotopic (exact) mass is 1120 g/mol. The second-order valence-corrected chi connectivity index (χ2v) is 21.5. The van der Waals surface area contributed by atoms with Crippen molar-refractivity contribution in [2.45, 2.75) is 0 Å². The first-order chi connectivity index (χ1) is 51.4. The second kappa shape index (κ2) is 17.1. The van der Waals surface area contributed by atoms with Crippen LogP contribution in [0.15, 0.2) is 286 Å². The van der Waals surface area contributed by atoms with Crippen LogP contribution in [0, 0.1) is 0 Å². The predicted molar refractivity (Wildman–Crippen MR) is 356 cm³/mol. The lowest BCUT2D eigenvalue weighted by atomic mass is 9.33. The highest BCUT2D eigenvalue weighted by molar-refractivity contribution is 7.00. The van der Waals surface area contributed by atoms with Crippen molar-refractivity contribution in [1.29, 1.82) is 0 Å². The maximum Gasteiger partial charge on any atom is 0.252 e. The van der Waals surface area contributed by atoms with E-state index in [4.69, 9.17) is 24.2 Å². The van der Waals surface area contributed by atoms with Gasteiger partial charge in [0.25, 0.3) is 6.71 Å². The van der Waals surface area contributed by atoms with E-state index in [-0.39, 0.29) is 66.3 Å². The molecule has 2 aliphatic rings. The van der Waals surface area contributed by atoms with Crippen LogP contribution < -0.4 is 26.2 Å². The molecule has 8 heteroatoms. The van der Waals surface area contributed by atoms with Crippen LogP contribution in [-0.4, -0.2) is 15.8 Å². The number of furan rings is 3. The number of benzene rings is 13. The quantitative estimate of drug-likeness (QED) is 0.161. The molecule has 0 atom stereocenters. The highest BCUT2D eigenvalue weighted by Gasteiger charge is 2.45. The standard InChI is InChI=1S/C78H45BN4O3/c1-8-24-60-50(17-1)51-18-2-9-25-61(51)80(60)48-36-38-58-66(44-48)82(64-28-15-33-74-76(64)55-22-6-13-31-71(55)85-74)68-42-47(46-35-40-73-57(41-46)54-21-5-12-30-70(54)84-73)43-69-78(68)79(58)59-39-37-49(81-62-26-10-3-19-52(62)53-20-4-11-27-63(53)81)45-67(59)83(69)65-29-16-34-75-77(65)56-23-7-14-32-72(56)86-75/h1-45H/i1D,2D,3D,4D,8D,9D,10D,11D,17D,18D,19D,20D,24D,25D,26D,27D,36D,37D,38D,39D,44D. The number of hydrogen-bond donors (Lipinski definition) is 0. The number of rotatable bonds is 5. The molecule has 0 bridgehead atoms. The van der Waals surface area contributed by atoms with Gasteiger partial charge in [-0.25, -0.2) is 0 Å². The summed E-state index contributed by atoms with van der Waals surface area (Å²) in [7, 11) is 0. The van der Waals surface area contributed by atoms with Crippen molar-refractivity contribution in [2.75, 3.05) is 9.80 Å². The summed E-state index contributed by atoms with van der Waals surface area (Å²) in [5.74, 6) is 0. The van der Waals surface area contributed by atoms with Crippen LogP contribution in [0.2, 0.25) is 0 Å². The van der Waals surface area contributed by atoms with Gasteiger partial charge < -0.3 is 32.2 Å². The summed E-state index contributed by atoms with van der Waals surface area (Å²) in [4.78, 5) is 3.64. The molecule has 0 N–H and O–H groups in total. The van der Waals surface area contributed by atoms with Crippen LogP contribution in [0.5, 0.6) is 0 Å². The molecule has 5 aromatic heterocycles. The minimum Gasteiger partial charge on any atom is -0.456 e. The number of aromatic nitrogens is 2. The molecule has 0 fully saturated rings. The van der Waals surface area contributed by atoms with E-state index in [9.17, 15) is 17.8 Å². The Morgan fingerprint density at radius 1 is 0.302 bits per heavy atom. The van der Waals surface area contributed by atoms with E-state index < -0.39 is 150 Å². The molecule has 0 aliphatic carbocycles. The zero-order valence-electron chi connectivity index (χ0n) is 65.4. The summed E-state index contributed by atoms with van der Waals surface area (Å²) < 4.78 is 225. The van der Waals surface area contributed by atoms with Gasteiger partial charge in [-0.1, -0.05) is 157 Å². The van der Waals surface area contributed by atoms with Crippen molar-refractivity contribution in [1.82, 2.24) is 9.13 Å². The molecule has 0 radical (unpaired) electrons. The third kappa shape index (κ3) is 6.21. The number of anilines is 6. The van der Waals surface area contributed by atoms with Gasteiger partial charge in [0.1, 0.15) is 33.5 Å². The number of fused-ring (bicyclic) bond motifs is 19. The largest absolute Gasteiger partial charge is 0.456 e. The van der Waals surface area contributed by atoms with Crippen molar-refractivity contribution in [3.63, 3.8) is 0 Å². The van der Waals surface area contributed by atoms with Crippen molar-refractivity contribution < 1.29 is 42.0 Å². The summed E-state index contributed by atoms with van der Waals surface area (Å²) in [5.41, 5.74) is 3.29. The van der Waals surface area contributed by atoms with Gasteiger partial charge in [-0.05, 0) is 143 Å². The highest BCUT2D eigenvalue weighted by atomic mass is 16.3. The second-order valence-electron chi connectivity index (χ2n) is 21.5. The zero-order chi connectivity index (χ0) is 74.2. The molecule has 86 heavy (non-hydrogen) atoms. The molecular formula is C78H45BN4O3. The molecule has 398 valence electrons. The fourth-order valence-electron chi connectivity index (χ4n) is 13.6. The van der Waals surface area contributed by atoms with E-state index in [2.05, 4.69) is 0 Å². The molecule has 0 unspecified atom stereocenters. The van der Waals surface area contributed by atoms with Gasteiger partial charge in [-0.2, -0.15) is 0 Å². The third-order valence-electron chi connectivity index (χ3n) is 17.1. The maximum absolute atomic E-state index is 11.3. The number of hydrogen-bond acceptors (Lipinski definition) is 5. The van der Waals surface area contributed by atoms with Crippen LogP contribution in [0.4, 0.5) is 34.1 Å². The molecule has 0 saturated carbocycles. The van der Waals surface area contributed by atoms with E-state index in [1.165, 1.54) is 10.6 Å². The van der Waals surface area contributed by atoms with Gasteiger partial charge in [0.2, 0.25) is 0 Å². The SMILES string of the molecule is [2H]c1c(-n2c3c([2H])c([2H])c([2H])c([2H])c3c3c([2H])c([2H])c([2H])c([2H])c32)cc2c(c1[2H])B1c3c(cc(-c4ccc5oc6ccccc6c5c4)cc3N(c3cccc4oc5ccccc5c34)c3c([2H])c(-n4c5c([2H])c([2H])c([2H])c([2H])c5c5c([2H])c([2H])c([2H])c([2H])c54)c([2H])c([2H])c31)N2c1cccc2oc3ccccc3c12. The fraction of sp³-hybridized carbons (Fsp3) is 0. The van der Waals surface area contributed by atoms with E-state index >= 15 is 0 Å². The third-order valence-corrected chi connectivity index (χ3v) is 17.1. The summed E-state index contributed by atoms with van der Waals surface area (Å²) in [5, 5.41) is 2.60. The molecule has 7 nitrogen and oxygen atoms in total. The van der Waals surface area contributed by atoms with Crippen molar-refractivity contribution in [2.24, 2.45) is 0 Å². The minimum atomic E-state index is -1.51. The van der Waals surface area contributed by atoms with E-state index in [0.717, 1.165) is 15.3 Å². The Hall–Kier alpha value is -11.5. The van der Waals surface area contributed by atoms with Gasteiger partial charge in [-0.15, -0.1) is 0 Å². The predicted octanol–water partition coefficient (Wildman–Crippen LogP) is 19.3. The van der Waals surface area contributed by atoms with Crippen LogP contribution in [0.3, 0.4) is 0 Å². The Balaban J connectivity index is 1.02. The van der Waals surface area contributed by atoms with E-state index in [1.807, 2.05) is 108 Å². The topological polar surface area (TPSA) is 55.8 Å². The average molecular weight is 1120 g/mol. The lowest BCUT2D eigenvalue weighted by Gasteiger charge is -2.45. The Labute approximate surface area is 521 Å². The molecule has 13 aromatic carbocycles. The highest BCUT2D eigenvalue weighted by Crippen LogP contribution is 2.52. The summed E-state index contributed by atoms with van der Waals surface area (Å²) >= 11 is 0. The Bertz CT molecular complexity index is 7130. The Morgan fingerprint density at radius 2 is 0.744 bits per heavy atom. The van der Waals surface area contributed by atoms with Crippen molar-refractivity contribution in [3.8, 4) is 22.5 Å². The Kier molecular flexibility index (Phi) is 6.10. The normalized spacial score (nSPS) is 16.5. The van der Waals surface area contributed by atoms with Gasteiger partial charge in [0, 0.05) is 77.2 Å². The lowest BCUT2D eigenvalue weighted by molar-refractivity contribution is 0.668. The first-order valence-electron chi connectivity index (χ1n) is 38.2. The van der Waals surface area contributed by atoms with Gasteiger partial charge in [0.15, 0.2) is 0 Å². The first kappa shape index (κ1) is 30.7. The molecule has 0 saturated heterocycles. The smallest absolute Gasteiger partial charge is 0.252 e. The minimum absolute atomic E-state index is 0.0195. The average Bonchev–Trinajstić information content (AvgIpc) is 1.30. The van der Waals surface area contributed by atoms with Crippen LogP contribution >= 0.6 is 0 Å². The number of para-hydroxylation sites is 7.